The maximum atomic E-state index is 12.0. The van der Waals surface area contributed by atoms with Crippen LogP contribution in [0.5, 0.6) is 0 Å². The third kappa shape index (κ3) is 2.82. The number of β-amino-alcohol motifs (C(OH)–C–C–N with tert-alkyl or cyclic N) is 1. The SMILES string of the molecule is CC(C)(C)OC(=O)N1Cc2ccccc2C(O)C1. The molecule has 18 heavy (non-hydrogen) atoms. The van der Waals surface area contributed by atoms with E-state index in [-0.39, 0.29) is 12.6 Å². The van der Waals surface area contributed by atoms with E-state index in [1.807, 2.05) is 45.0 Å². The third-order valence-corrected chi connectivity index (χ3v) is 2.82. The highest BCUT2D eigenvalue weighted by Crippen LogP contribution is 2.27. The molecule has 2 rings (SSSR count). The molecule has 0 aliphatic carbocycles. The Morgan fingerprint density at radius 2 is 2.06 bits per heavy atom. The van der Waals surface area contributed by atoms with Crippen LogP contribution in [0.1, 0.15) is 38.0 Å². The van der Waals surface area contributed by atoms with Crippen LogP contribution in [-0.4, -0.2) is 28.2 Å². The van der Waals surface area contributed by atoms with Crippen LogP contribution < -0.4 is 0 Å². The molecule has 4 heteroatoms. The van der Waals surface area contributed by atoms with Crippen molar-refractivity contribution >= 4 is 6.09 Å². The topological polar surface area (TPSA) is 49.8 Å². The average Bonchev–Trinajstić information content (AvgIpc) is 2.26. The van der Waals surface area contributed by atoms with Crippen molar-refractivity contribution in [3.63, 3.8) is 0 Å². The van der Waals surface area contributed by atoms with Crippen molar-refractivity contribution in [3.05, 3.63) is 35.4 Å². The quantitative estimate of drug-likeness (QED) is 0.768. The van der Waals surface area contributed by atoms with E-state index in [9.17, 15) is 9.90 Å². The minimum absolute atomic E-state index is 0.284. The lowest BCUT2D eigenvalue weighted by atomic mass is 9.98. The van der Waals surface area contributed by atoms with E-state index in [1.165, 1.54) is 4.90 Å². The molecule has 0 bridgehead atoms. The average molecular weight is 249 g/mol. The molecule has 4 nitrogen and oxygen atoms in total. The molecule has 1 heterocycles. The predicted octanol–water partition coefficient (Wildman–Crippen LogP) is 2.47. The summed E-state index contributed by atoms with van der Waals surface area (Å²) in [5.74, 6) is 0. The summed E-state index contributed by atoms with van der Waals surface area (Å²) in [6.45, 7) is 6.27. The lowest BCUT2D eigenvalue weighted by Crippen LogP contribution is -2.41. The zero-order valence-electron chi connectivity index (χ0n) is 11.0. The summed E-state index contributed by atoms with van der Waals surface area (Å²) in [5.41, 5.74) is 1.36. The zero-order valence-corrected chi connectivity index (χ0v) is 11.0. The van der Waals surface area contributed by atoms with Crippen LogP contribution in [0.3, 0.4) is 0 Å². The molecule has 1 aromatic rings. The molecule has 1 aromatic carbocycles. The Hall–Kier alpha value is -1.55. The Labute approximate surface area is 107 Å². The molecule has 0 fully saturated rings. The highest BCUT2D eigenvalue weighted by atomic mass is 16.6. The zero-order chi connectivity index (χ0) is 13.3. The van der Waals surface area contributed by atoms with Crippen molar-refractivity contribution in [2.75, 3.05) is 6.54 Å². The normalized spacial score (nSPS) is 19.3. The molecule has 0 saturated carbocycles. The van der Waals surface area contributed by atoms with Gasteiger partial charge in [-0.05, 0) is 31.9 Å². The molecular weight excluding hydrogens is 230 g/mol. The number of aliphatic hydroxyl groups is 1. The predicted molar refractivity (Wildman–Crippen MR) is 68.0 cm³/mol. The molecule has 0 aromatic heterocycles. The summed E-state index contributed by atoms with van der Waals surface area (Å²) in [6, 6.07) is 7.62. The van der Waals surface area contributed by atoms with Crippen LogP contribution in [0.25, 0.3) is 0 Å². The summed E-state index contributed by atoms with van der Waals surface area (Å²) in [5, 5.41) is 10.0. The molecule has 98 valence electrons. The van der Waals surface area contributed by atoms with E-state index in [0.717, 1.165) is 11.1 Å². The third-order valence-electron chi connectivity index (χ3n) is 2.82. The van der Waals surface area contributed by atoms with Crippen molar-refractivity contribution in [2.45, 2.75) is 39.0 Å². The number of hydrogen-bond acceptors (Lipinski definition) is 3. The summed E-state index contributed by atoms with van der Waals surface area (Å²) >= 11 is 0. The number of rotatable bonds is 0. The number of hydrogen-bond donors (Lipinski definition) is 1. The van der Waals surface area contributed by atoms with Crippen molar-refractivity contribution in [3.8, 4) is 0 Å². The second kappa shape index (κ2) is 4.61. The van der Waals surface area contributed by atoms with Gasteiger partial charge in [-0.3, -0.25) is 0 Å². The number of fused-ring (bicyclic) bond motifs is 1. The summed E-state index contributed by atoms with van der Waals surface area (Å²) in [7, 11) is 0. The van der Waals surface area contributed by atoms with E-state index in [4.69, 9.17) is 4.74 Å². The molecule has 1 aliphatic rings. The molecule has 1 aliphatic heterocycles. The minimum Gasteiger partial charge on any atom is -0.444 e. The number of carbonyl (C=O) groups excluding carboxylic acids is 1. The highest BCUT2D eigenvalue weighted by molar-refractivity contribution is 5.68. The fraction of sp³-hybridized carbons (Fsp3) is 0.500. The smallest absolute Gasteiger partial charge is 0.410 e. The van der Waals surface area contributed by atoms with Gasteiger partial charge in [-0.15, -0.1) is 0 Å². The highest BCUT2D eigenvalue weighted by Gasteiger charge is 2.29. The van der Waals surface area contributed by atoms with E-state index in [1.54, 1.807) is 0 Å². The molecule has 0 spiro atoms. The van der Waals surface area contributed by atoms with Crippen LogP contribution in [0.4, 0.5) is 4.79 Å². The van der Waals surface area contributed by atoms with Gasteiger partial charge in [-0.2, -0.15) is 0 Å². The Bertz CT molecular complexity index is 451. The Morgan fingerprint density at radius 1 is 1.39 bits per heavy atom. The number of benzene rings is 1. The minimum atomic E-state index is -0.637. The van der Waals surface area contributed by atoms with Gasteiger partial charge in [-0.1, -0.05) is 24.3 Å². The Balaban J connectivity index is 2.13. The first-order valence-corrected chi connectivity index (χ1v) is 6.10. The second-order valence-corrected chi connectivity index (χ2v) is 5.58. The first kappa shape index (κ1) is 12.9. The van der Waals surface area contributed by atoms with Crippen LogP contribution >= 0.6 is 0 Å². The Morgan fingerprint density at radius 3 is 2.72 bits per heavy atom. The lowest BCUT2D eigenvalue weighted by molar-refractivity contribution is 0.00828. The summed E-state index contributed by atoms with van der Waals surface area (Å²) in [6.07, 6.45) is -1.02. The van der Waals surface area contributed by atoms with Gasteiger partial charge in [0.2, 0.25) is 0 Å². The first-order valence-electron chi connectivity index (χ1n) is 6.10. The van der Waals surface area contributed by atoms with Crippen molar-refractivity contribution in [2.24, 2.45) is 0 Å². The number of ether oxygens (including phenoxy) is 1. The summed E-state index contributed by atoms with van der Waals surface area (Å²) < 4.78 is 5.32. The molecule has 1 amide bonds. The van der Waals surface area contributed by atoms with Gasteiger partial charge in [0.15, 0.2) is 0 Å². The van der Waals surface area contributed by atoms with Crippen LogP contribution in [0.2, 0.25) is 0 Å². The van der Waals surface area contributed by atoms with Crippen molar-refractivity contribution < 1.29 is 14.6 Å². The fourth-order valence-electron chi connectivity index (χ4n) is 2.05. The van der Waals surface area contributed by atoms with Crippen molar-refractivity contribution in [1.82, 2.24) is 4.90 Å². The van der Waals surface area contributed by atoms with Gasteiger partial charge < -0.3 is 14.7 Å². The van der Waals surface area contributed by atoms with Crippen LogP contribution in [0, 0.1) is 0 Å². The van der Waals surface area contributed by atoms with Gasteiger partial charge in [-0.25, -0.2) is 4.79 Å². The number of nitrogens with zero attached hydrogens (tertiary/aromatic N) is 1. The van der Waals surface area contributed by atoms with E-state index in [2.05, 4.69) is 0 Å². The number of amides is 1. The number of carbonyl (C=O) groups is 1. The number of aliphatic hydroxyl groups excluding tert-OH is 1. The van der Waals surface area contributed by atoms with Gasteiger partial charge in [0, 0.05) is 6.54 Å². The molecule has 0 saturated heterocycles. The van der Waals surface area contributed by atoms with E-state index < -0.39 is 11.7 Å². The van der Waals surface area contributed by atoms with Crippen LogP contribution in [-0.2, 0) is 11.3 Å². The lowest BCUT2D eigenvalue weighted by Gasteiger charge is -2.33. The molecule has 1 unspecified atom stereocenters. The molecular formula is C14H19NO3. The van der Waals surface area contributed by atoms with Gasteiger partial charge in [0.05, 0.1) is 12.6 Å². The molecule has 0 radical (unpaired) electrons. The maximum Gasteiger partial charge on any atom is 0.410 e. The van der Waals surface area contributed by atoms with Crippen molar-refractivity contribution in [1.29, 1.82) is 0 Å². The Kier molecular flexibility index (Phi) is 3.30. The second-order valence-electron chi connectivity index (χ2n) is 5.58. The monoisotopic (exact) mass is 249 g/mol. The largest absolute Gasteiger partial charge is 0.444 e. The van der Waals surface area contributed by atoms with Gasteiger partial charge in [0.1, 0.15) is 5.60 Å². The summed E-state index contributed by atoms with van der Waals surface area (Å²) in [4.78, 5) is 13.5. The fourth-order valence-corrected chi connectivity index (χ4v) is 2.05. The van der Waals surface area contributed by atoms with Gasteiger partial charge in [0.25, 0.3) is 0 Å². The van der Waals surface area contributed by atoms with E-state index >= 15 is 0 Å². The first-order chi connectivity index (χ1) is 8.37. The van der Waals surface area contributed by atoms with Gasteiger partial charge >= 0.3 is 6.09 Å². The van der Waals surface area contributed by atoms with E-state index in [0.29, 0.717) is 6.54 Å². The van der Waals surface area contributed by atoms with Crippen LogP contribution in [0.15, 0.2) is 24.3 Å². The molecule has 1 atom stereocenters. The molecule has 1 N–H and O–H groups in total. The standard InChI is InChI=1S/C14H19NO3/c1-14(2,3)18-13(17)15-8-10-6-4-5-7-11(10)12(16)9-15/h4-7,12,16H,8-9H2,1-3H3. The maximum absolute atomic E-state index is 12.0.